The van der Waals surface area contributed by atoms with Crippen molar-refractivity contribution in [3.8, 4) is 0 Å². The quantitative estimate of drug-likeness (QED) is 0.920. The molecule has 0 spiro atoms. The van der Waals surface area contributed by atoms with Crippen LogP contribution in [0.5, 0.6) is 0 Å². The predicted octanol–water partition coefficient (Wildman–Crippen LogP) is 2.91. The molecule has 24 heavy (non-hydrogen) atoms. The number of benzene rings is 2. The van der Waals surface area contributed by atoms with Crippen molar-refractivity contribution in [1.29, 1.82) is 0 Å². The van der Waals surface area contributed by atoms with E-state index in [0.29, 0.717) is 13.1 Å². The third-order valence-electron chi connectivity index (χ3n) is 4.59. The Morgan fingerprint density at radius 3 is 2.42 bits per heavy atom. The first-order valence-corrected chi connectivity index (χ1v) is 8.31. The molecular formula is C20H22N2O2. The molecule has 1 heterocycles. The summed E-state index contributed by atoms with van der Waals surface area (Å²) in [5.41, 5.74) is 2.15. The maximum Gasteiger partial charge on any atom is 0.225 e. The van der Waals surface area contributed by atoms with Gasteiger partial charge >= 0.3 is 0 Å². The average Bonchev–Trinajstić information content (AvgIpc) is 3.02. The minimum absolute atomic E-state index is 0.00868. The molecule has 1 aliphatic rings. The number of carbonyl (C=O) groups is 2. The van der Waals surface area contributed by atoms with Crippen molar-refractivity contribution in [3.05, 3.63) is 71.8 Å². The van der Waals surface area contributed by atoms with Crippen LogP contribution in [0, 0.1) is 5.92 Å². The van der Waals surface area contributed by atoms with Crippen LogP contribution in [-0.2, 0) is 16.1 Å². The highest BCUT2D eigenvalue weighted by atomic mass is 16.2. The SMILES string of the molecule is C[C@H](c1ccccc1)N1C[C@H](C(=O)NCc2ccccc2)CC1=O. The van der Waals surface area contributed by atoms with Crippen molar-refractivity contribution in [2.75, 3.05) is 6.54 Å². The molecule has 2 atom stereocenters. The number of amides is 2. The normalized spacial score (nSPS) is 18.5. The third-order valence-corrected chi connectivity index (χ3v) is 4.59. The fourth-order valence-corrected chi connectivity index (χ4v) is 3.12. The van der Waals surface area contributed by atoms with Crippen molar-refractivity contribution in [2.24, 2.45) is 5.92 Å². The van der Waals surface area contributed by atoms with Crippen molar-refractivity contribution < 1.29 is 9.59 Å². The molecule has 1 N–H and O–H groups in total. The molecule has 0 unspecified atom stereocenters. The fraction of sp³-hybridized carbons (Fsp3) is 0.300. The number of likely N-dealkylation sites (tertiary alicyclic amines) is 1. The number of hydrogen-bond donors (Lipinski definition) is 1. The minimum Gasteiger partial charge on any atom is -0.352 e. The summed E-state index contributed by atoms with van der Waals surface area (Å²) in [5, 5.41) is 2.94. The van der Waals surface area contributed by atoms with Crippen molar-refractivity contribution in [2.45, 2.75) is 25.9 Å². The van der Waals surface area contributed by atoms with Gasteiger partial charge in [-0.05, 0) is 18.1 Å². The monoisotopic (exact) mass is 322 g/mol. The Morgan fingerprint density at radius 2 is 1.75 bits per heavy atom. The highest BCUT2D eigenvalue weighted by molar-refractivity contribution is 5.89. The predicted molar refractivity (Wildman–Crippen MR) is 93.0 cm³/mol. The molecule has 4 nitrogen and oxygen atoms in total. The molecule has 4 heteroatoms. The summed E-state index contributed by atoms with van der Waals surface area (Å²) in [4.78, 5) is 26.5. The number of hydrogen-bond acceptors (Lipinski definition) is 2. The lowest BCUT2D eigenvalue weighted by Crippen LogP contribution is -2.33. The molecule has 0 aliphatic carbocycles. The molecule has 2 aromatic carbocycles. The molecule has 0 bridgehead atoms. The van der Waals surface area contributed by atoms with E-state index >= 15 is 0 Å². The lowest BCUT2D eigenvalue weighted by Gasteiger charge is -2.25. The second-order valence-electron chi connectivity index (χ2n) is 6.24. The Labute approximate surface area is 142 Å². The van der Waals surface area contributed by atoms with E-state index in [1.807, 2.05) is 72.5 Å². The zero-order valence-corrected chi connectivity index (χ0v) is 13.8. The number of nitrogens with zero attached hydrogens (tertiary/aromatic N) is 1. The topological polar surface area (TPSA) is 49.4 Å². The molecule has 0 saturated carbocycles. The van der Waals surface area contributed by atoms with E-state index in [1.165, 1.54) is 0 Å². The van der Waals surface area contributed by atoms with Gasteiger partial charge in [0.15, 0.2) is 0 Å². The molecule has 2 amide bonds. The van der Waals surface area contributed by atoms with Crippen LogP contribution in [0.1, 0.15) is 30.5 Å². The van der Waals surface area contributed by atoms with Crippen molar-refractivity contribution >= 4 is 11.8 Å². The van der Waals surface area contributed by atoms with Gasteiger partial charge < -0.3 is 10.2 Å². The number of nitrogens with one attached hydrogen (secondary N) is 1. The van der Waals surface area contributed by atoms with Crippen LogP contribution < -0.4 is 5.32 Å². The maximum atomic E-state index is 12.4. The zero-order valence-electron chi connectivity index (χ0n) is 13.8. The summed E-state index contributed by atoms with van der Waals surface area (Å²) in [6, 6.07) is 19.7. The first-order valence-electron chi connectivity index (χ1n) is 8.31. The Kier molecular flexibility index (Phi) is 4.94. The van der Waals surface area contributed by atoms with Gasteiger partial charge in [-0.3, -0.25) is 9.59 Å². The zero-order chi connectivity index (χ0) is 16.9. The van der Waals surface area contributed by atoms with Crippen LogP contribution in [0.15, 0.2) is 60.7 Å². The average molecular weight is 322 g/mol. The van der Waals surface area contributed by atoms with Gasteiger partial charge in [0.1, 0.15) is 0 Å². The summed E-state index contributed by atoms with van der Waals surface area (Å²) in [5.74, 6) is -0.270. The van der Waals surface area contributed by atoms with Gasteiger partial charge in [0, 0.05) is 19.5 Å². The second kappa shape index (κ2) is 7.30. The van der Waals surface area contributed by atoms with Gasteiger partial charge in [0.05, 0.1) is 12.0 Å². The maximum absolute atomic E-state index is 12.4. The fourth-order valence-electron chi connectivity index (χ4n) is 3.12. The standard InChI is InChI=1S/C20H22N2O2/c1-15(17-10-6-3-7-11-17)22-14-18(12-19(22)23)20(24)21-13-16-8-4-2-5-9-16/h2-11,15,18H,12-14H2,1H3,(H,21,24)/t15-,18-/m1/s1. The molecule has 1 aliphatic heterocycles. The largest absolute Gasteiger partial charge is 0.352 e. The molecule has 2 aromatic rings. The first kappa shape index (κ1) is 16.2. The summed E-state index contributed by atoms with van der Waals surface area (Å²) in [7, 11) is 0. The number of carbonyl (C=O) groups excluding carboxylic acids is 2. The summed E-state index contributed by atoms with van der Waals surface area (Å²) in [6.07, 6.45) is 0.289. The van der Waals surface area contributed by atoms with Crippen LogP contribution in [0.4, 0.5) is 0 Å². The van der Waals surface area contributed by atoms with Crippen LogP contribution in [0.25, 0.3) is 0 Å². The van der Waals surface area contributed by atoms with Gasteiger partial charge in [-0.1, -0.05) is 60.7 Å². The molecular weight excluding hydrogens is 300 g/mol. The lowest BCUT2D eigenvalue weighted by molar-refractivity contribution is -0.130. The smallest absolute Gasteiger partial charge is 0.225 e. The van der Waals surface area contributed by atoms with Crippen LogP contribution in [0.3, 0.4) is 0 Å². The summed E-state index contributed by atoms with van der Waals surface area (Å²) in [6.45, 7) is 2.99. The number of rotatable bonds is 5. The first-order chi connectivity index (χ1) is 11.6. The van der Waals surface area contributed by atoms with Gasteiger partial charge in [-0.25, -0.2) is 0 Å². The van der Waals surface area contributed by atoms with E-state index in [1.54, 1.807) is 0 Å². The lowest BCUT2D eigenvalue weighted by atomic mass is 10.1. The van der Waals surface area contributed by atoms with E-state index in [2.05, 4.69) is 5.32 Å². The van der Waals surface area contributed by atoms with E-state index in [0.717, 1.165) is 11.1 Å². The molecule has 0 aromatic heterocycles. The van der Waals surface area contributed by atoms with Crippen molar-refractivity contribution in [1.82, 2.24) is 10.2 Å². The third kappa shape index (κ3) is 3.65. The highest BCUT2D eigenvalue weighted by Crippen LogP contribution is 2.28. The van der Waals surface area contributed by atoms with Gasteiger partial charge in [-0.2, -0.15) is 0 Å². The Morgan fingerprint density at radius 1 is 1.12 bits per heavy atom. The van der Waals surface area contributed by atoms with E-state index in [-0.39, 0.29) is 30.2 Å². The van der Waals surface area contributed by atoms with Gasteiger partial charge in [0.2, 0.25) is 11.8 Å². The van der Waals surface area contributed by atoms with E-state index in [9.17, 15) is 9.59 Å². The van der Waals surface area contributed by atoms with E-state index in [4.69, 9.17) is 0 Å². The van der Waals surface area contributed by atoms with Crippen LogP contribution in [-0.4, -0.2) is 23.3 Å². The Hall–Kier alpha value is -2.62. The molecule has 1 fully saturated rings. The van der Waals surface area contributed by atoms with Crippen LogP contribution in [0.2, 0.25) is 0 Å². The van der Waals surface area contributed by atoms with Gasteiger partial charge in [0.25, 0.3) is 0 Å². The van der Waals surface area contributed by atoms with Crippen molar-refractivity contribution in [3.63, 3.8) is 0 Å². The second-order valence-corrected chi connectivity index (χ2v) is 6.24. The summed E-state index contributed by atoms with van der Waals surface area (Å²) < 4.78 is 0. The highest BCUT2D eigenvalue weighted by Gasteiger charge is 2.36. The Bertz CT molecular complexity index is 700. The van der Waals surface area contributed by atoms with E-state index < -0.39 is 0 Å². The van der Waals surface area contributed by atoms with Gasteiger partial charge in [-0.15, -0.1) is 0 Å². The minimum atomic E-state index is -0.271. The molecule has 0 radical (unpaired) electrons. The molecule has 1 saturated heterocycles. The molecule has 124 valence electrons. The Balaban J connectivity index is 1.59. The summed E-state index contributed by atoms with van der Waals surface area (Å²) >= 11 is 0. The molecule has 3 rings (SSSR count). The van der Waals surface area contributed by atoms with Crippen LogP contribution >= 0.6 is 0 Å².